The summed E-state index contributed by atoms with van der Waals surface area (Å²) in [6.07, 6.45) is -0.573. The summed E-state index contributed by atoms with van der Waals surface area (Å²) in [5.74, 6) is 6.48. The van der Waals surface area contributed by atoms with Gasteiger partial charge in [-0.3, -0.25) is 5.32 Å². The Morgan fingerprint density at radius 2 is 2.10 bits per heavy atom. The molecule has 0 bridgehead atoms. The van der Waals surface area contributed by atoms with E-state index in [2.05, 4.69) is 17.2 Å². The molecule has 1 amide bonds. The van der Waals surface area contributed by atoms with E-state index in [0.717, 1.165) is 17.5 Å². The first-order valence-electron chi connectivity index (χ1n) is 5.89. The number of anilines is 1. The number of amides is 1. The predicted molar refractivity (Wildman–Crippen MR) is 78.4 cm³/mol. The molecule has 0 atom stereocenters. The minimum Gasteiger partial charge on any atom is -0.494 e. The summed E-state index contributed by atoms with van der Waals surface area (Å²) in [5, 5.41) is 12.7. The molecule has 20 heavy (non-hydrogen) atoms. The van der Waals surface area contributed by atoms with Crippen molar-refractivity contribution in [3.05, 3.63) is 24.3 Å². The molecule has 0 heterocycles. The fraction of sp³-hybridized carbons (Fsp3) is 0.286. The van der Waals surface area contributed by atoms with Gasteiger partial charge in [0.25, 0.3) is 0 Å². The van der Waals surface area contributed by atoms with Gasteiger partial charge in [0, 0.05) is 5.69 Å². The molecule has 5 nitrogen and oxygen atoms in total. The molecular weight excluding hydrogens is 276 g/mol. The number of ether oxygens (including phenoxy) is 2. The standard InChI is InChI=1S/C14H14N2O3S/c1-2-18-13-7-5-12(6-8-13)16-14(17)19-9-3-4-10-20-11-15/h5-8H,2,9-10H2,1H3,(H,16,17). The minimum absolute atomic E-state index is 0.00511. The third-order valence-electron chi connectivity index (χ3n) is 2.02. The molecule has 0 fully saturated rings. The molecule has 6 heteroatoms. The lowest BCUT2D eigenvalue weighted by Crippen LogP contribution is -2.13. The molecule has 104 valence electrons. The second kappa shape index (κ2) is 9.60. The molecule has 0 radical (unpaired) electrons. The molecule has 0 unspecified atom stereocenters. The second-order valence-electron chi connectivity index (χ2n) is 3.39. The SMILES string of the molecule is CCOc1ccc(NC(=O)OCC#CCSC#N)cc1. The topological polar surface area (TPSA) is 71.3 Å². The summed E-state index contributed by atoms with van der Waals surface area (Å²) >= 11 is 1.04. The van der Waals surface area contributed by atoms with Crippen molar-refractivity contribution < 1.29 is 14.3 Å². The smallest absolute Gasteiger partial charge is 0.412 e. The highest BCUT2D eigenvalue weighted by Crippen LogP contribution is 2.15. The second-order valence-corrected chi connectivity index (χ2v) is 4.15. The monoisotopic (exact) mass is 290 g/mol. The third-order valence-corrected chi connectivity index (χ3v) is 2.44. The number of nitrogens with one attached hydrogen (secondary N) is 1. The van der Waals surface area contributed by atoms with Gasteiger partial charge in [-0.05, 0) is 43.0 Å². The van der Waals surface area contributed by atoms with Crippen LogP contribution in [0.5, 0.6) is 5.75 Å². The van der Waals surface area contributed by atoms with Gasteiger partial charge in [-0.2, -0.15) is 5.26 Å². The maximum Gasteiger partial charge on any atom is 0.412 e. The van der Waals surface area contributed by atoms with Crippen LogP contribution in [0.1, 0.15) is 6.92 Å². The van der Waals surface area contributed by atoms with E-state index in [4.69, 9.17) is 14.7 Å². The van der Waals surface area contributed by atoms with E-state index in [-0.39, 0.29) is 6.61 Å². The van der Waals surface area contributed by atoms with Crippen molar-refractivity contribution in [3.63, 3.8) is 0 Å². The van der Waals surface area contributed by atoms with Gasteiger partial charge in [0.15, 0.2) is 6.61 Å². The van der Waals surface area contributed by atoms with Crippen LogP contribution in [0.25, 0.3) is 0 Å². The number of hydrogen-bond donors (Lipinski definition) is 1. The summed E-state index contributed by atoms with van der Waals surface area (Å²) < 4.78 is 10.1. The Balaban J connectivity index is 2.31. The zero-order valence-corrected chi connectivity index (χ0v) is 11.8. The third kappa shape index (κ3) is 6.58. The molecular formula is C14H14N2O3S. The number of hydrogen-bond acceptors (Lipinski definition) is 5. The van der Waals surface area contributed by atoms with E-state index in [1.165, 1.54) is 0 Å². The average molecular weight is 290 g/mol. The van der Waals surface area contributed by atoms with Crippen LogP contribution >= 0.6 is 11.8 Å². The van der Waals surface area contributed by atoms with E-state index in [0.29, 0.717) is 18.0 Å². The molecule has 1 aromatic rings. The highest BCUT2D eigenvalue weighted by Gasteiger charge is 2.02. The Hall–Kier alpha value is -2.31. The zero-order valence-electron chi connectivity index (χ0n) is 11.0. The van der Waals surface area contributed by atoms with Crippen molar-refractivity contribution in [2.45, 2.75) is 6.92 Å². The van der Waals surface area contributed by atoms with E-state index in [1.807, 2.05) is 12.3 Å². The maximum absolute atomic E-state index is 11.4. The quantitative estimate of drug-likeness (QED) is 0.513. The van der Waals surface area contributed by atoms with Crippen LogP contribution in [0.2, 0.25) is 0 Å². The molecule has 0 saturated carbocycles. The maximum atomic E-state index is 11.4. The number of thiocyanates is 1. The molecule has 0 aromatic heterocycles. The Morgan fingerprint density at radius 3 is 2.75 bits per heavy atom. The van der Waals surface area contributed by atoms with Gasteiger partial charge in [-0.25, -0.2) is 4.79 Å². The van der Waals surface area contributed by atoms with E-state index < -0.39 is 6.09 Å². The fourth-order valence-electron chi connectivity index (χ4n) is 1.23. The van der Waals surface area contributed by atoms with E-state index >= 15 is 0 Å². The van der Waals surface area contributed by atoms with Crippen LogP contribution in [-0.2, 0) is 4.74 Å². The summed E-state index contributed by atoms with van der Waals surface area (Å²) in [5.41, 5.74) is 0.617. The summed E-state index contributed by atoms with van der Waals surface area (Å²) in [6, 6.07) is 6.97. The van der Waals surface area contributed by atoms with Crippen LogP contribution in [0.3, 0.4) is 0 Å². The van der Waals surface area contributed by atoms with Gasteiger partial charge in [-0.1, -0.05) is 11.8 Å². The Labute approximate surface area is 122 Å². The highest BCUT2D eigenvalue weighted by molar-refractivity contribution is 8.03. The van der Waals surface area contributed by atoms with Gasteiger partial charge in [0.05, 0.1) is 12.4 Å². The first-order valence-corrected chi connectivity index (χ1v) is 6.88. The normalized spacial score (nSPS) is 8.80. The predicted octanol–water partition coefficient (Wildman–Crippen LogP) is 2.85. The van der Waals surface area contributed by atoms with E-state index in [9.17, 15) is 4.79 Å². The van der Waals surface area contributed by atoms with Crippen molar-refractivity contribution in [2.24, 2.45) is 0 Å². The van der Waals surface area contributed by atoms with Crippen molar-refractivity contribution in [1.82, 2.24) is 0 Å². The molecule has 1 rings (SSSR count). The zero-order chi connectivity index (χ0) is 14.6. The van der Waals surface area contributed by atoms with Crippen LogP contribution in [-0.4, -0.2) is 25.1 Å². The number of nitrogens with zero attached hydrogens (tertiary/aromatic N) is 1. The molecule has 0 aliphatic heterocycles. The van der Waals surface area contributed by atoms with Gasteiger partial charge >= 0.3 is 6.09 Å². The van der Waals surface area contributed by atoms with Gasteiger partial charge in [0.1, 0.15) is 11.2 Å². The number of carbonyl (C=O) groups is 1. The lowest BCUT2D eigenvalue weighted by molar-refractivity contribution is 0.176. The van der Waals surface area contributed by atoms with Crippen LogP contribution in [0, 0.1) is 22.5 Å². The van der Waals surface area contributed by atoms with Crippen molar-refractivity contribution >= 4 is 23.5 Å². The number of carbonyl (C=O) groups excluding carboxylic acids is 1. The lowest BCUT2D eigenvalue weighted by atomic mass is 10.3. The molecule has 0 aliphatic carbocycles. The Morgan fingerprint density at radius 1 is 1.35 bits per heavy atom. The van der Waals surface area contributed by atoms with E-state index in [1.54, 1.807) is 24.3 Å². The summed E-state index contributed by atoms with van der Waals surface area (Å²) in [4.78, 5) is 11.4. The number of thioether (sulfide) groups is 1. The average Bonchev–Trinajstić information content (AvgIpc) is 2.45. The molecule has 1 aromatic carbocycles. The summed E-state index contributed by atoms with van der Waals surface area (Å²) in [6.45, 7) is 2.49. The van der Waals surface area contributed by atoms with Gasteiger partial charge < -0.3 is 9.47 Å². The highest BCUT2D eigenvalue weighted by atomic mass is 32.2. The molecule has 0 spiro atoms. The largest absolute Gasteiger partial charge is 0.494 e. The first kappa shape index (κ1) is 15.7. The fourth-order valence-corrected chi connectivity index (χ4v) is 1.47. The van der Waals surface area contributed by atoms with Gasteiger partial charge in [-0.15, -0.1) is 0 Å². The minimum atomic E-state index is -0.573. The summed E-state index contributed by atoms with van der Waals surface area (Å²) in [7, 11) is 0. The van der Waals surface area contributed by atoms with Crippen LogP contribution < -0.4 is 10.1 Å². The van der Waals surface area contributed by atoms with Gasteiger partial charge in [0.2, 0.25) is 0 Å². The molecule has 0 aliphatic rings. The van der Waals surface area contributed by atoms with Crippen LogP contribution in [0.4, 0.5) is 10.5 Å². The van der Waals surface area contributed by atoms with Crippen molar-refractivity contribution in [2.75, 3.05) is 24.3 Å². The molecule has 0 saturated heterocycles. The molecule has 1 N–H and O–H groups in total. The number of benzene rings is 1. The van der Waals surface area contributed by atoms with Crippen molar-refractivity contribution in [3.8, 4) is 23.0 Å². The van der Waals surface area contributed by atoms with Crippen molar-refractivity contribution in [1.29, 1.82) is 5.26 Å². The number of rotatable bonds is 5. The lowest BCUT2D eigenvalue weighted by Gasteiger charge is -2.06. The van der Waals surface area contributed by atoms with Crippen LogP contribution in [0.15, 0.2) is 24.3 Å². The Kier molecular flexibility index (Phi) is 7.56. The Bertz CT molecular complexity index is 526. The first-order chi connectivity index (χ1) is 9.76. The number of nitriles is 1.